The molecule has 3 atom stereocenters. The van der Waals surface area contributed by atoms with Crippen LogP contribution in [0.3, 0.4) is 0 Å². The van der Waals surface area contributed by atoms with Crippen molar-refractivity contribution in [1.82, 2.24) is 5.32 Å². The van der Waals surface area contributed by atoms with Crippen LogP contribution in [-0.2, 0) is 4.79 Å². The predicted molar refractivity (Wildman–Crippen MR) is 86.8 cm³/mol. The highest BCUT2D eigenvalue weighted by Gasteiger charge is 2.27. The van der Waals surface area contributed by atoms with E-state index in [4.69, 9.17) is 10.00 Å². The van der Waals surface area contributed by atoms with Gasteiger partial charge in [-0.1, -0.05) is 31.4 Å². The highest BCUT2D eigenvalue weighted by atomic mass is 16.5. The molecule has 0 bridgehead atoms. The average Bonchev–Trinajstić information content (AvgIpc) is 2.80. The van der Waals surface area contributed by atoms with Crippen LogP contribution in [0.1, 0.15) is 44.6 Å². The Balaban J connectivity index is 1.97. The molecule has 3 unspecified atom stereocenters. The van der Waals surface area contributed by atoms with Crippen molar-refractivity contribution in [2.45, 2.75) is 51.2 Å². The van der Waals surface area contributed by atoms with Gasteiger partial charge in [0.25, 0.3) is 5.91 Å². The summed E-state index contributed by atoms with van der Waals surface area (Å²) in [6.45, 7) is 1.77. The van der Waals surface area contributed by atoms with Gasteiger partial charge < -0.3 is 15.2 Å². The zero-order valence-electron chi connectivity index (χ0n) is 13.5. The Morgan fingerprint density at radius 2 is 2.13 bits per heavy atom. The maximum absolute atomic E-state index is 12.4. The Bertz CT molecular complexity index is 568. The minimum absolute atomic E-state index is 0.00717. The SMILES string of the molecule is CC(Oc1ccccc1C#N)C(=O)NC1CCCCCC1CO. The number of nitrogens with zero attached hydrogens (tertiary/aromatic N) is 1. The third-order valence-electron chi connectivity index (χ3n) is 4.40. The molecular weight excluding hydrogens is 292 g/mol. The van der Waals surface area contributed by atoms with Crippen LogP contribution < -0.4 is 10.1 Å². The number of ether oxygens (including phenoxy) is 1. The topological polar surface area (TPSA) is 82.3 Å². The second kappa shape index (κ2) is 8.54. The molecule has 1 aromatic carbocycles. The van der Waals surface area contributed by atoms with E-state index in [9.17, 15) is 9.90 Å². The molecule has 0 aromatic heterocycles. The van der Waals surface area contributed by atoms with Crippen molar-refractivity contribution in [1.29, 1.82) is 5.26 Å². The first-order chi connectivity index (χ1) is 11.2. The number of amides is 1. The number of rotatable bonds is 5. The van der Waals surface area contributed by atoms with E-state index in [2.05, 4.69) is 11.4 Å². The number of aliphatic hydroxyl groups is 1. The van der Waals surface area contributed by atoms with Crippen LogP contribution in [0, 0.1) is 17.2 Å². The van der Waals surface area contributed by atoms with Gasteiger partial charge in [0, 0.05) is 18.6 Å². The van der Waals surface area contributed by atoms with Crippen molar-refractivity contribution >= 4 is 5.91 Å². The first-order valence-electron chi connectivity index (χ1n) is 8.22. The lowest BCUT2D eigenvalue weighted by Gasteiger charge is -2.26. The summed E-state index contributed by atoms with van der Waals surface area (Å²) in [5.74, 6) is 0.320. The quantitative estimate of drug-likeness (QED) is 0.817. The van der Waals surface area contributed by atoms with E-state index in [-0.39, 0.29) is 24.5 Å². The summed E-state index contributed by atoms with van der Waals surface area (Å²) < 4.78 is 5.64. The first kappa shape index (κ1) is 17.3. The summed E-state index contributed by atoms with van der Waals surface area (Å²) in [5.41, 5.74) is 0.412. The molecule has 0 heterocycles. The van der Waals surface area contributed by atoms with E-state index in [0.717, 1.165) is 32.1 Å². The lowest BCUT2D eigenvalue weighted by Crippen LogP contribution is -2.46. The van der Waals surface area contributed by atoms with Gasteiger partial charge in [0.05, 0.1) is 5.56 Å². The molecule has 5 nitrogen and oxygen atoms in total. The van der Waals surface area contributed by atoms with E-state index in [1.165, 1.54) is 0 Å². The first-order valence-corrected chi connectivity index (χ1v) is 8.22. The molecule has 1 aliphatic carbocycles. The molecule has 23 heavy (non-hydrogen) atoms. The van der Waals surface area contributed by atoms with Gasteiger partial charge in [-0.2, -0.15) is 5.26 Å². The van der Waals surface area contributed by atoms with Gasteiger partial charge in [-0.15, -0.1) is 0 Å². The van der Waals surface area contributed by atoms with E-state index in [1.807, 2.05) is 0 Å². The molecule has 1 saturated carbocycles. The van der Waals surface area contributed by atoms with Crippen LogP contribution >= 0.6 is 0 Å². The number of hydrogen-bond acceptors (Lipinski definition) is 4. The second-order valence-corrected chi connectivity index (χ2v) is 6.06. The van der Waals surface area contributed by atoms with Crippen LogP contribution in [-0.4, -0.2) is 29.8 Å². The monoisotopic (exact) mass is 316 g/mol. The van der Waals surface area contributed by atoms with E-state index in [0.29, 0.717) is 11.3 Å². The van der Waals surface area contributed by atoms with Crippen LogP contribution in [0.25, 0.3) is 0 Å². The van der Waals surface area contributed by atoms with Crippen LogP contribution in [0.4, 0.5) is 0 Å². The predicted octanol–water partition coefficient (Wildman–Crippen LogP) is 2.38. The summed E-state index contributed by atoms with van der Waals surface area (Å²) in [4.78, 5) is 12.4. The molecular formula is C18H24N2O3. The molecule has 2 rings (SSSR count). The fourth-order valence-corrected chi connectivity index (χ4v) is 3.00. The number of benzene rings is 1. The molecule has 1 amide bonds. The molecule has 1 aromatic rings. The molecule has 0 aliphatic heterocycles. The Morgan fingerprint density at radius 1 is 1.39 bits per heavy atom. The highest BCUT2D eigenvalue weighted by molar-refractivity contribution is 5.81. The molecule has 2 N–H and O–H groups in total. The fourth-order valence-electron chi connectivity index (χ4n) is 3.00. The largest absolute Gasteiger partial charge is 0.480 e. The number of carbonyl (C=O) groups excluding carboxylic acids is 1. The second-order valence-electron chi connectivity index (χ2n) is 6.06. The van der Waals surface area contributed by atoms with E-state index >= 15 is 0 Å². The van der Waals surface area contributed by atoms with Crippen molar-refractivity contribution in [2.75, 3.05) is 6.61 Å². The highest BCUT2D eigenvalue weighted by Crippen LogP contribution is 2.24. The summed E-state index contributed by atoms with van der Waals surface area (Å²) in [5, 5.41) is 21.6. The number of aliphatic hydroxyl groups excluding tert-OH is 1. The normalized spacial score (nSPS) is 22.5. The van der Waals surface area contributed by atoms with E-state index < -0.39 is 6.10 Å². The summed E-state index contributed by atoms with van der Waals surface area (Å²) >= 11 is 0. The van der Waals surface area contributed by atoms with Crippen molar-refractivity contribution in [3.8, 4) is 11.8 Å². The number of nitrogens with one attached hydrogen (secondary N) is 1. The van der Waals surface area contributed by atoms with Gasteiger partial charge in [0.15, 0.2) is 6.10 Å². The van der Waals surface area contributed by atoms with Gasteiger partial charge >= 0.3 is 0 Å². The average molecular weight is 316 g/mol. The third-order valence-corrected chi connectivity index (χ3v) is 4.40. The molecule has 0 saturated heterocycles. The lowest BCUT2D eigenvalue weighted by atomic mass is 9.95. The van der Waals surface area contributed by atoms with Crippen molar-refractivity contribution < 1.29 is 14.6 Å². The maximum atomic E-state index is 12.4. The molecule has 5 heteroatoms. The molecule has 124 valence electrons. The minimum atomic E-state index is -0.688. The lowest BCUT2D eigenvalue weighted by molar-refractivity contribution is -0.128. The van der Waals surface area contributed by atoms with Crippen molar-refractivity contribution in [2.24, 2.45) is 5.92 Å². The number of para-hydroxylation sites is 1. The number of carbonyl (C=O) groups is 1. The molecule has 1 fully saturated rings. The van der Waals surface area contributed by atoms with Gasteiger partial charge in [0.1, 0.15) is 11.8 Å². The Kier molecular flexibility index (Phi) is 6.42. The van der Waals surface area contributed by atoms with Crippen LogP contribution in [0.2, 0.25) is 0 Å². The van der Waals surface area contributed by atoms with Gasteiger partial charge in [-0.05, 0) is 31.9 Å². The standard InChI is InChI=1S/C18H24N2O3/c1-13(23-17-10-6-5-7-14(17)11-19)18(22)20-16-9-4-2-3-8-15(16)12-21/h5-7,10,13,15-16,21H,2-4,8-9,12H2,1H3,(H,20,22). The zero-order chi connectivity index (χ0) is 16.7. The zero-order valence-corrected chi connectivity index (χ0v) is 13.5. The fraction of sp³-hybridized carbons (Fsp3) is 0.556. The van der Waals surface area contributed by atoms with Gasteiger partial charge in [-0.25, -0.2) is 0 Å². The minimum Gasteiger partial charge on any atom is -0.480 e. The number of nitriles is 1. The van der Waals surface area contributed by atoms with E-state index in [1.54, 1.807) is 31.2 Å². The Hall–Kier alpha value is -2.06. The number of hydrogen-bond donors (Lipinski definition) is 2. The maximum Gasteiger partial charge on any atom is 0.261 e. The van der Waals surface area contributed by atoms with Gasteiger partial charge in [0.2, 0.25) is 0 Å². The third kappa shape index (κ3) is 4.70. The molecule has 1 aliphatic rings. The van der Waals surface area contributed by atoms with Crippen LogP contribution in [0.15, 0.2) is 24.3 Å². The smallest absolute Gasteiger partial charge is 0.261 e. The van der Waals surface area contributed by atoms with Crippen molar-refractivity contribution in [3.63, 3.8) is 0 Å². The summed E-state index contributed by atoms with van der Waals surface area (Å²) in [7, 11) is 0. The Labute approximate surface area is 137 Å². The Morgan fingerprint density at radius 3 is 2.87 bits per heavy atom. The van der Waals surface area contributed by atoms with Gasteiger partial charge in [-0.3, -0.25) is 4.79 Å². The molecule has 0 spiro atoms. The summed E-state index contributed by atoms with van der Waals surface area (Å²) in [6, 6.07) is 8.92. The van der Waals surface area contributed by atoms with Crippen molar-refractivity contribution in [3.05, 3.63) is 29.8 Å². The summed E-state index contributed by atoms with van der Waals surface area (Å²) in [6.07, 6.45) is 4.44. The molecule has 0 radical (unpaired) electrons. The van der Waals surface area contributed by atoms with Crippen LogP contribution in [0.5, 0.6) is 5.75 Å².